The summed E-state index contributed by atoms with van der Waals surface area (Å²) in [6.45, 7) is 3.14. The summed E-state index contributed by atoms with van der Waals surface area (Å²) >= 11 is 0. The minimum Gasteiger partial charge on any atom is -0.381 e. The highest BCUT2D eigenvalue weighted by Gasteiger charge is 2.20. The number of rotatable bonds is 4. The highest BCUT2D eigenvalue weighted by atomic mass is 16.5. The average Bonchev–Trinajstić information content (AvgIpc) is 2.40. The molecule has 94 valence electrons. The highest BCUT2D eigenvalue weighted by Crippen LogP contribution is 2.16. The predicted octanol–water partition coefficient (Wildman–Crippen LogP) is 1.80. The number of benzene rings is 1. The minimum absolute atomic E-state index is 0.121. The van der Waals surface area contributed by atoms with Gasteiger partial charge in [0.2, 0.25) is 0 Å². The first-order valence-corrected chi connectivity index (χ1v) is 6.35. The molecular formula is C14H22N2O. The summed E-state index contributed by atoms with van der Waals surface area (Å²) in [6, 6.07) is 10.5. The summed E-state index contributed by atoms with van der Waals surface area (Å²) in [7, 11) is 1.80. The molecule has 0 aromatic heterocycles. The van der Waals surface area contributed by atoms with Crippen molar-refractivity contribution in [1.82, 2.24) is 4.90 Å². The van der Waals surface area contributed by atoms with Gasteiger partial charge in [-0.25, -0.2) is 0 Å². The summed E-state index contributed by atoms with van der Waals surface area (Å²) in [5.74, 6) is 0. The monoisotopic (exact) mass is 234 g/mol. The van der Waals surface area contributed by atoms with Gasteiger partial charge in [0, 0.05) is 32.8 Å². The van der Waals surface area contributed by atoms with E-state index >= 15 is 0 Å². The lowest BCUT2D eigenvalue weighted by Gasteiger charge is -2.32. The largest absolute Gasteiger partial charge is 0.381 e. The molecule has 1 aromatic carbocycles. The molecule has 0 saturated carbocycles. The zero-order valence-corrected chi connectivity index (χ0v) is 10.5. The van der Waals surface area contributed by atoms with E-state index < -0.39 is 0 Å². The molecule has 1 aliphatic heterocycles. The van der Waals surface area contributed by atoms with Gasteiger partial charge in [0.15, 0.2) is 0 Å². The van der Waals surface area contributed by atoms with Crippen LogP contribution in [0.1, 0.15) is 24.4 Å². The van der Waals surface area contributed by atoms with Crippen LogP contribution < -0.4 is 5.73 Å². The Morgan fingerprint density at radius 1 is 1.29 bits per heavy atom. The molecule has 0 bridgehead atoms. The van der Waals surface area contributed by atoms with Crippen molar-refractivity contribution in [2.45, 2.75) is 25.0 Å². The molecule has 1 aromatic rings. The van der Waals surface area contributed by atoms with Gasteiger partial charge in [-0.15, -0.1) is 0 Å². The van der Waals surface area contributed by atoms with E-state index in [9.17, 15) is 0 Å². The highest BCUT2D eigenvalue weighted by molar-refractivity contribution is 5.18. The molecule has 1 atom stereocenters. The van der Waals surface area contributed by atoms with Crippen LogP contribution in [0, 0.1) is 0 Å². The zero-order chi connectivity index (χ0) is 12.1. The van der Waals surface area contributed by atoms with Gasteiger partial charge in [0.25, 0.3) is 0 Å². The van der Waals surface area contributed by atoms with Crippen molar-refractivity contribution >= 4 is 0 Å². The third-order valence-electron chi connectivity index (χ3n) is 3.55. The molecule has 1 saturated heterocycles. The number of ether oxygens (including phenoxy) is 1. The molecule has 3 nitrogen and oxygen atoms in total. The van der Waals surface area contributed by atoms with Crippen LogP contribution in [0.2, 0.25) is 0 Å². The van der Waals surface area contributed by atoms with Crippen LogP contribution in [0.3, 0.4) is 0 Å². The number of nitrogens with zero attached hydrogens (tertiary/aromatic N) is 1. The molecule has 0 aliphatic carbocycles. The van der Waals surface area contributed by atoms with E-state index in [1.165, 1.54) is 5.56 Å². The number of hydrogen-bond donors (Lipinski definition) is 1. The molecule has 2 rings (SSSR count). The molecule has 1 heterocycles. The van der Waals surface area contributed by atoms with Crippen LogP contribution in [0.4, 0.5) is 0 Å². The first-order valence-electron chi connectivity index (χ1n) is 6.35. The maximum absolute atomic E-state index is 6.22. The fraction of sp³-hybridized carbons (Fsp3) is 0.571. The molecule has 3 heteroatoms. The van der Waals surface area contributed by atoms with Crippen LogP contribution >= 0.6 is 0 Å². The second kappa shape index (κ2) is 6.15. The Balaban J connectivity index is 1.82. The molecule has 1 aliphatic rings. The van der Waals surface area contributed by atoms with Crippen molar-refractivity contribution in [2.75, 3.05) is 26.7 Å². The molecule has 2 N–H and O–H groups in total. The van der Waals surface area contributed by atoms with Crippen molar-refractivity contribution in [3.63, 3.8) is 0 Å². The lowest BCUT2D eigenvalue weighted by Crippen LogP contribution is -2.40. The number of likely N-dealkylation sites (tertiary alicyclic amines) is 1. The maximum Gasteiger partial charge on any atom is 0.0595 e. The van der Waals surface area contributed by atoms with Crippen LogP contribution in [0.25, 0.3) is 0 Å². The van der Waals surface area contributed by atoms with Crippen LogP contribution in [-0.2, 0) is 4.74 Å². The van der Waals surface area contributed by atoms with Crippen molar-refractivity contribution in [1.29, 1.82) is 0 Å². The predicted molar refractivity (Wildman–Crippen MR) is 69.8 cm³/mol. The molecule has 17 heavy (non-hydrogen) atoms. The Bertz CT molecular complexity index is 320. The van der Waals surface area contributed by atoms with Crippen LogP contribution in [0.15, 0.2) is 30.3 Å². The van der Waals surface area contributed by atoms with Crippen molar-refractivity contribution in [3.05, 3.63) is 35.9 Å². The standard InChI is InChI=1S/C14H22N2O/c1-17-13-7-9-16(10-8-13)11-14(15)12-5-3-2-4-6-12/h2-6,13-14H,7-11,15H2,1H3. The summed E-state index contributed by atoms with van der Waals surface area (Å²) < 4.78 is 5.37. The normalized spacial score (nSPS) is 20.4. The third-order valence-corrected chi connectivity index (χ3v) is 3.55. The van der Waals surface area contributed by atoms with E-state index in [1.54, 1.807) is 7.11 Å². The van der Waals surface area contributed by atoms with Gasteiger partial charge in [0.05, 0.1) is 6.10 Å². The van der Waals surface area contributed by atoms with Crippen LogP contribution in [-0.4, -0.2) is 37.7 Å². The van der Waals surface area contributed by atoms with Gasteiger partial charge in [-0.3, -0.25) is 0 Å². The molecular weight excluding hydrogens is 212 g/mol. The number of hydrogen-bond acceptors (Lipinski definition) is 3. The van der Waals surface area contributed by atoms with Crippen molar-refractivity contribution < 1.29 is 4.74 Å². The number of piperidine rings is 1. The van der Waals surface area contributed by atoms with E-state index in [4.69, 9.17) is 10.5 Å². The van der Waals surface area contributed by atoms with Crippen LogP contribution in [0.5, 0.6) is 0 Å². The smallest absolute Gasteiger partial charge is 0.0595 e. The Morgan fingerprint density at radius 2 is 1.94 bits per heavy atom. The van der Waals surface area contributed by atoms with Gasteiger partial charge < -0.3 is 15.4 Å². The van der Waals surface area contributed by atoms with Gasteiger partial charge in [-0.2, -0.15) is 0 Å². The van der Waals surface area contributed by atoms with E-state index in [2.05, 4.69) is 17.0 Å². The maximum atomic E-state index is 6.22. The van der Waals surface area contributed by atoms with Crippen molar-refractivity contribution in [3.8, 4) is 0 Å². The van der Waals surface area contributed by atoms with E-state index in [0.29, 0.717) is 6.10 Å². The van der Waals surface area contributed by atoms with Gasteiger partial charge >= 0.3 is 0 Å². The number of nitrogens with two attached hydrogens (primary N) is 1. The van der Waals surface area contributed by atoms with E-state index in [-0.39, 0.29) is 6.04 Å². The van der Waals surface area contributed by atoms with E-state index in [1.807, 2.05) is 18.2 Å². The Hall–Kier alpha value is -0.900. The molecule has 0 amide bonds. The summed E-state index contributed by atoms with van der Waals surface area (Å²) in [6.07, 6.45) is 2.69. The zero-order valence-electron chi connectivity index (χ0n) is 10.5. The van der Waals surface area contributed by atoms with Crippen molar-refractivity contribution in [2.24, 2.45) is 5.73 Å². The molecule has 1 fully saturated rings. The fourth-order valence-corrected chi connectivity index (χ4v) is 2.41. The SMILES string of the molecule is COC1CCN(CC(N)c2ccccc2)CC1. The summed E-state index contributed by atoms with van der Waals surface area (Å²) in [5, 5.41) is 0. The van der Waals surface area contributed by atoms with Gasteiger partial charge in [-0.05, 0) is 18.4 Å². The Labute approximate surface area is 104 Å². The van der Waals surface area contributed by atoms with Gasteiger partial charge in [0.1, 0.15) is 0 Å². The molecule has 0 radical (unpaired) electrons. The first kappa shape index (κ1) is 12.6. The quantitative estimate of drug-likeness (QED) is 0.863. The number of methoxy groups -OCH3 is 1. The fourth-order valence-electron chi connectivity index (χ4n) is 2.41. The second-order valence-corrected chi connectivity index (χ2v) is 4.75. The Kier molecular flexibility index (Phi) is 4.54. The van der Waals surface area contributed by atoms with E-state index in [0.717, 1.165) is 32.5 Å². The second-order valence-electron chi connectivity index (χ2n) is 4.75. The topological polar surface area (TPSA) is 38.5 Å². The summed E-state index contributed by atoms with van der Waals surface area (Å²) in [4.78, 5) is 2.44. The molecule has 0 spiro atoms. The minimum atomic E-state index is 0.121. The van der Waals surface area contributed by atoms with Gasteiger partial charge in [-0.1, -0.05) is 30.3 Å². The first-order chi connectivity index (χ1) is 8.29. The summed E-state index contributed by atoms with van der Waals surface area (Å²) in [5.41, 5.74) is 7.44. The third kappa shape index (κ3) is 3.53. The Morgan fingerprint density at radius 3 is 2.53 bits per heavy atom. The average molecular weight is 234 g/mol. The lowest BCUT2D eigenvalue weighted by molar-refractivity contribution is 0.0395. The lowest BCUT2D eigenvalue weighted by atomic mass is 10.0. The molecule has 1 unspecified atom stereocenters.